The van der Waals surface area contributed by atoms with Crippen molar-refractivity contribution in [2.75, 3.05) is 19.8 Å². The lowest BCUT2D eigenvalue weighted by Crippen LogP contribution is -2.29. The highest BCUT2D eigenvalue weighted by atomic mass is 16.5. The SMILES string of the molecule is CCCC(C)COCC(C)(C)CN. The Morgan fingerprint density at radius 1 is 1.38 bits per heavy atom. The molecule has 0 radical (unpaired) electrons. The Hall–Kier alpha value is -0.0800. The minimum Gasteiger partial charge on any atom is -0.381 e. The van der Waals surface area contributed by atoms with Crippen LogP contribution in [0, 0.1) is 11.3 Å². The molecule has 1 atom stereocenters. The first-order chi connectivity index (χ1) is 6.02. The van der Waals surface area contributed by atoms with E-state index < -0.39 is 0 Å². The smallest absolute Gasteiger partial charge is 0.0529 e. The lowest BCUT2D eigenvalue weighted by Gasteiger charge is -2.23. The Morgan fingerprint density at radius 3 is 2.46 bits per heavy atom. The Morgan fingerprint density at radius 2 is 2.00 bits per heavy atom. The van der Waals surface area contributed by atoms with E-state index in [9.17, 15) is 0 Å². The number of nitrogens with two attached hydrogens (primary N) is 1. The van der Waals surface area contributed by atoms with Gasteiger partial charge in [-0.05, 0) is 18.9 Å². The number of hydrogen-bond acceptors (Lipinski definition) is 2. The van der Waals surface area contributed by atoms with E-state index in [-0.39, 0.29) is 5.41 Å². The fraction of sp³-hybridized carbons (Fsp3) is 1.00. The van der Waals surface area contributed by atoms with Crippen LogP contribution in [0.25, 0.3) is 0 Å². The van der Waals surface area contributed by atoms with Gasteiger partial charge in [0.15, 0.2) is 0 Å². The highest BCUT2D eigenvalue weighted by Crippen LogP contribution is 2.14. The molecule has 0 aromatic heterocycles. The van der Waals surface area contributed by atoms with Crippen molar-refractivity contribution in [2.24, 2.45) is 17.1 Å². The third-order valence-corrected chi connectivity index (χ3v) is 2.23. The van der Waals surface area contributed by atoms with Gasteiger partial charge in [-0.3, -0.25) is 0 Å². The van der Waals surface area contributed by atoms with E-state index in [4.69, 9.17) is 10.5 Å². The van der Waals surface area contributed by atoms with Crippen molar-refractivity contribution >= 4 is 0 Å². The quantitative estimate of drug-likeness (QED) is 0.664. The zero-order valence-corrected chi connectivity index (χ0v) is 9.60. The van der Waals surface area contributed by atoms with Crippen LogP contribution in [-0.2, 0) is 4.74 Å². The molecular weight excluding hydrogens is 162 g/mol. The topological polar surface area (TPSA) is 35.2 Å². The van der Waals surface area contributed by atoms with Crippen molar-refractivity contribution in [1.82, 2.24) is 0 Å². The maximum absolute atomic E-state index is 5.62. The van der Waals surface area contributed by atoms with Gasteiger partial charge >= 0.3 is 0 Å². The van der Waals surface area contributed by atoms with Gasteiger partial charge in [-0.15, -0.1) is 0 Å². The Balaban J connectivity index is 3.44. The summed E-state index contributed by atoms with van der Waals surface area (Å²) in [5, 5.41) is 0. The van der Waals surface area contributed by atoms with Gasteiger partial charge in [0.1, 0.15) is 0 Å². The van der Waals surface area contributed by atoms with Gasteiger partial charge in [0, 0.05) is 12.0 Å². The van der Waals surface area contributed by atoms with Crippen molar-refractivity contribution in [3.8, 4) is 0 Å². The predicted octanol–water partition coefficient (Wildman–Crippen LogP) is 2.42. The zero-order chi connectivity index (χ0) is 10.3. The first-order valence-electron chi connectivity index (χ1n) is 5.29. The van der Waals surface area contributed by atoms with E-state index in [0.717, 1.165) is 13.2 Å². The average Bonchev–Trinajstić information content (AvgIpc) is 2.05. The standard InChI is InChI=1S/C11H25NO/c1-5-6-10(2)7-13-9-11(3,4)8-12/h10H,5-9,12H2,1-4H3. The van der Waals surface area contributed by atoms with Gasteiger partial charge in [0.05, 0.1) is 6.61 Å². The molecule has 0 rings (SSSR count). The minimum atomic E-state index is 0.131. The van der Waals surface area contributed by atoms with Crippen LogP contribution < -0.4 is 5.73 Å². The van der Waals surface area contributed by atoms with Crippen LogP contribution in [-0.4, -0.2) is 19.8 Å². The monoisotopic (exact) mass is 187 g/mol. The molecule has 0 heterocycles. The van der Waals surface area contributed by atoms with E-state index in [1.165, 1.54) is 12.8 Å². The van der Waals surface area contributed by atoms with Crippen molar-refractivity contribution in [2.45, 2.75) is 40.5 Å². The van der Waals surface area contributed by atoms with Gasteiger partial charge in [-0.1, -0.05) is 34.1 Å². The minimum absolute atomic E-state index is 0.131. The molecule has 2 nitrogen and oxygen atoms in total. The molecule has 0 spiro atoms. The first kappa shape index (κ1) is 12.9. The summed E-state index contributed by atoms with van der Waals surface area (Å²) in [4.78, 5) is 0. The zero-order valence-electron chi connectivity index (χ0n) is 9.60. The molecule has 0 saturated carbocycles. The molecule has 0 aromatic rings. The second-order valence-electron chi connectivity index (χ2n) is 4.78. The molecule has 80 valence electrons. The molecule has 0 fully saturated rings. The molecule has 0 aromatic carbocycles. The molecule has 0 aliphatic heterocycles. The first-order valence-corrected chi connectivity index (χ1v) is 5.29. The number of hydrogen-bond donors (Lipinski definition) is 1. The Kier molecular flexibility index (Phi) is 6.35. The number of ether oxygens (including phenoxy) is 1. The summed E-state index contributed by atoms with van der Waals surface area (Å²) in [7, 11) is 0. The van der Waals surface area contributed by atoms with Crippen molar-refractivity contribution in [1.29, 1.82) is 0 Å². The van der Waals surface area contributed by atoms with Crippen LogP contribution in [0.5, 0.6) is 0 Å². The van der Waals surface area contributed by atoms with Gasteiger partial charge in [0.2, 0.25) is 0 Å². The van der Waals surface area contributed by atoms with E-state index in [1.54, 1.807) is 0 Å². The van der Waals surface area contributed by atoms with Crippen LogP contribution in [0.2, 0.25) is 0 Å². The van der Waals surface area contributed by atoms with Crippen LogP contribution in [0.15, 0.2) is 0 Å². The molecular formula is C11H25NO. The fourth-order valence-corrected chi connectivity index (χ4v) is 1.17. The predicted molar refractivity (Wildman–Crippen MR) is 57.7 cm³/mol. The molecule has 0 aliphatic rings. The number of rotatable bonds is 7. The van der Waals surface area contributed by atoms with Crippen LogP contribution in [0.1, 0.15) is 40.5 Å². The second-order valence-corrected chi connectivity index (χ2v) is 4.78. The fourth-order valence-electron chi connectivity index (χ4n) is 1.17. The Labute approximate surface area is 82.8 Å². The summed E-state index contributed by atoms with van der Waals surface area (Å²) in [6, 6.07) is 0. The van der Waals surface area contributed by atoms with Crippen LogP contribution in [0.4, 0.5) is 0 Å². The molecule has 1 unspecified atom stereocenters. The summed E-state index contributed by atoms with van der Waals surface area (Å²) in [5.74, 6) is 0.679. The van der Waals surface area contributed by atoms with Gasteiger partial charge in [-0.2, -0.15) is 0 Å². The van der Waals surface area contributed by atoms with E-state index >= 15 is 0 Å². The highest BCUT2D eigenvalue weighted by Gasteiger charge is 2.15. The van der Waals surface area contributed by atoms with Gasteiger partial charge in [-0.25, -0.2) is 0 Å². The van der Waals surface area contributed by atoms with Crippen molar-refractivity contribution < 1.29 is 4.74 Å². The van der Waals surface area contributed by atoms with Crippen molar-refractivity contribution in [3.05, 3.63) is 0 Å². The van der Waals surface area contributed by atoms with E-state index in [1.807, 2.05) is 0 Å². The summed E-state index contributed by atoms with van der Waals surface area (Å²) in [6.07, 6.45) is 2.49. The molecule has 0 amide bonds. The second kappa shape index (κ2) is 6.39. The van der Waals surface area contributed by atoms with Crippen LogP contribution in [0.3, 0.4) is 0 Å². The van der Waals surface area contributed by atoms with E-state index in [2.05, 4.69) is 27.7 Å². The van der Waals surface area contributed by atoms with E-state index in [0.29, 0.717) is 12.5 Å². The van der Waals surface area contributed by atoms with Crippen LogP contribution >= 0.6 is 0 Å². The molecule has 2 heteroatoms. The maximum Gasteiger partial charge on any atom is 0.0529 e. The molecule has 0 aliphatic carbocycles. The average molecular weight is 187 g/mol. The van der Waals surface area contributed by atoms with Gasteiger partial charge < -0.3 is 10.5 Å². The molecule has 0 bridgehead atoms. The lowest BCUT2D eigenvalue weighted by molar-refractivity contribution is 0.0454. The third kappa shape index (κ3) is 7.03. The molecule has 2 N–H and O–H groups in total. The maximum atomic E-state index is 5.62. The Bertz CT molecular complexity index is 123. The summed E-state index contributed by atoms with van der Waals surface area (Å²) >= 11 is 0. The van der Waals surface area contributed by atoms with Crippen molar-refractivity contribution in [3.63, 3.8) is 0 Å². The summed E-state index contributed by atoms with van der Waals surface area (Å²) in [5.41, 5.74) is 5.73. The summed E-state index contributed by atoms with van der Waals surface area (Å²) < 4.78 is 5.62. The van der Waals surface area contributed by atoms with Gasteiger partial charge in [0.25, 0.3) is 0 Å². The summed E-state index contributed by atoms with van der Waals surface area (Å²) in [6.45, 7) is 11.1. The lowest BCUT2D eigenvalue weighted by atomic mass is 9.95. The molecule has 13 heavy (non-hydrogen) atoms. The molecule has 0 saturated heterocycles. The largest absolute Gasteiger partial charge is 0.381 e. The normalized spacial score (nSPS) is 14.5. The third-order valence-electron chi connectivity index (χ3n) is 2.23. The highest BCUT2D eigenvalue weighted by molar-refractivity contribution is 4.68.